The monoisotopic (exact) mass is 550 g/mol. The molecule has 3 heterocycles. The van der Waals surface area contributed by atoms with E-state index in [2.05, 4.69) is 15.5 Å². The number of aliphatic carboxylic acids is 2. The number of anilines is 2. The number of amides is 3. The second-order valence-electron chi connectivity index (χ2n) is 8.30. The summed E-state index contributed by atoms with van der Waals surface area (Å²) in [6, 6.07) is 5.53. The number of carbonyl (C=O) groups excluding carboxylic acids is 3. The van der Waals surface area contributed by atoms with Crippen molar-refractivity contribution in [1.29, 1.82) is 0 Å². The molecule has 2 aliphatic heterocycles. The third kappa shape index (κ3) is 5.26. The van der Waals surface area contributed by atoms with Crippen molar-refractivity contribution >= 4 is 65.1 Å². The highest BCUT2D eigenvalue weighted by molar-refractivity contribution is 8.00. The summed E-state index contributed by atoms with van der Waals surface area (Å²) in [7, 11) is 0. The van der Waals surface area contributed by atoms with Crippen molar-refractivity contribution in [2.45, 2.75) is 23.1 Å². The number of carboxylic acids is 2. The highest BCUT2D eigenvalue weighted by Gasteiger charge is 2.59. The predicted octanol–water partition coefficient (Wildman–Crippen LogP) is -0.296. The lowest BCUT2D eigenvalue weighted by Gasteiger charge is -2.56. The molecule has 3 amide bonds. The van der Waals surface area contributed by atoms with Crippen LogP contribution >= 0.6 is 23.5 Å². The molecule has 2 aliphatic rings. The van der Waals surface area contributed by atoms with E-state index in [4.69, 9.17) is 15.3 Å². The lowest BCUT2D eigenvalue weighted by molar-refractivity contribution is -0.156. The van der Waals surface area contributed by atoms with Gasteiger partial charge in [0.2, 0.25) is 24.1 Å². The molecule has 4 rings (SSSR count). The maximum Gasteiger partial charge on any atom is 0.313 e. The van der Waals surface area contributed by atoms with E-state index in [1.807, 2.05) is 0 Å². The Bertz CT molecular complexity index is 1240. The standard InChI is InChI=1S/C21H22N6O8S2/c22-6-14(29)27(12-3-1-2-11(4-12)23-10-28)16-17(32)26-7-21(19(33)34,8-36-18(16)26)9-37-20-25-24-13(35-20)5-15(30)31/h1-4,10,16,18H,5-9,22H2,(H,23,28)(H,30,31)(H,33,34)/t16?,18-,21?/m1/s1. The Labute approximate surface area is 217 Å². The number of fused-ring (bicyclic) bond motifs is 1. The molecule has 0 saturated carbocycles. The summed E-state index contributed by atoms with van der Waals surface area (Å²) in [4.78, 5) is 62.6. The first-order valence-corrected chi connectivity index (χ1v) is 12.9. The van der Waals surface area contributed by atoms with Crippen molar-refractivity contribution in [1.82, 2.24) is 15.1 Å². The minimum atomic E-state index is -1.34. The second-order valence-corrected chi connectivity index (χ2v) is 10.3. The number of nitrogens with zero attached hydrogens (tertiary/aromatic N) is 4. The van der Waals surface area contributed by atoms with Crippen LogP contribution in [0.5, 0.6) is 0 Å². The van der Waals surface area contributed by atoms with E-state index in [0.717, 1.165) is 11.8 Å². The third-order valence-electron chi connectivity index (χ3n) is 5.86. The third-order valence-corrected chi connectivity index (χ3v) is 8.55. The maximum absolute atomic E-state index is 13.2. The van der Waals surface area contributed by atoms with Gasteiger partial charge in [0.1, 0.15) is 23.3 Å². The van der Waals surface area contributed by atoms with Gasteiger partial charge in [0, 0.05) is 29.4 Å². The van der Waals surface area contributed by atoms with Gasteiger partial charge in [0.25, 0.3) is 5.22 Å². The van der Waals surface area contributed by atoms with Gasteiger partial charge in [-0.1, -0.05) is 17.8 Å². The Balaban J connectivity index is 1.50. The smallest absolute Gasteiger partial charge is 0.313 e. The molecule has 5 N–H and O–H groups in total. The summed E-state index contributed by atoms with van der Waals surface area (Å²) in [5, 5.41) is 28.3. The van der Waals surface area contributed by atoms with Crippen LogP contribution in [0.25, 0.3) is 0 Å². The average Bonchev–Trinajstić information content (AvgIpc) is 3.32. The highest BCUT2D eigenvalue weighted by atomic mass is 32.2. The van der Waals surface area contributed by atoms with E-state index in [1.165, 1.54) is 21.6 Å². The van der Waals surface area contributed by atoms with E-state index >= 15 is 0 Å². The minimum absolute atomic E-state index is 0.00391. The molecule has 0 spiro atoms. The summed E-state index contributed by atoms with van der Waals surface area (Å²) < 4.78 is 5.25. The fourth-order valence-electron chi connectivity index (χ4n) is 4.06. The molecule has 37 heavy (non-hydrogen) atoms. The van der Waals surface area contributed by atoms with Crippen LogP contribution in [0.1, 0.15) is 5.89 Å². The summed E-state index contributed by atoms with van der Waals surface area (Å²) in [5.74, 6) is -3.16. The van der Waals surface area contributed by atoms with Crippen molar-refractivity contribution in [3.8, 4) is 0 Å². The predicted molar refractivity (Wildman–Crippen MR) is 131 cm³/mol. The van der Waals surface area contributed by atoms with Crippen LogP contribution in [0.4, 0.5) is 11.4 Å². The molecule has 1 aromatic heterocycles. The van der Waals surface area contributed by atoms with Gasteiger partial charge in [-0.15, -0.1) is 22.0 Å². The largest absolute Gasteiger partial charge is 0.481 e. The average molecular weight is 551 g/mol. The Kier molecular flexibility index (Phi) is 7.70. The van der Waals surface area contributed by atoms with E-state index in [9.17, 15) is 29.1 Å². The number of carbonyl (C=O) groups is 5. The van der Waals surface area contributed by atoms with Gasteiger partial charge in [0.15, 0.2) is 0 Å². The van der Waals surface area contributed by atoms with Crippen LogP contribution in [0.3, 0.4) is 0 Å². The van der Waals surface area contributed by atoms with Crippen LogP contribution in [0.15, 0.2) is 33.9 Å². The molecule has 2 aromatic rings. The Morgan fingerprint density at radius 3 is 2.81 bits per heavy atom. The summed E-state index contributed by atoms with van der Waals surface area (Å²) >= 11 is 2.20. The van der Waals surface area contributed by atoms with Crippen molar-refractivity contribution < 1.29 is 38.6 Å². The van der Waals surface area contributed by atoms with Gasteiger partial charge >= 0.3 is 11.9 Å². The molecule has 0 bridgehead atoms. The molecule has 196 valence electrons. The highest BCUT2D eigenvalue weighted by Crippen LogP contribution is 2.46. The molecular weight excluding hydrogens is 528 g/mol. The fraction of sp³-hybridized carbons (Fsp3) is 0.381. The zero-order valence-electron chi connectivity index (χ0n) is 19.1. The number of hydrogen-bond donors (Lipinski definition) is 4. The van der Waals surface area contributed by atoms with Crippen LogP contribution in [-0.2, 0) is 30.4 Å². The Morgan fingerprint density at radius 1 is 1.35 bits per heavy atom. The van der Waals surface area contributed by atoms with Crippen molar-refractivity contribution in [2.75, 3.05) is 34.8 Å². The molecule has 14 nitrogen and oxygen atoms in total. The molecule has 0 radical (unpaired) electrons. The number of nitrogens with one attached hydrogen (secondary N) is 1. The Hall–Kier alpha value is -3.63. The quantitative estimate of drug-likeness (QED) is 0.161. The molecule has 2 unspecified atom stereocenters. The van der Waals surface area contributed by atoms with E-state index < -0.39 is 47.0 Å². The van der Waals surface area contributed by atoms with Gasteiger partial charge in [-0.05, 0) is 18.2 Å². The lowest BCUT2D eigenvalue weighted by Crippen LogP contribution is -2.75. The molecule has 1 aromatic carbocycles. The number of aromatic nitrogens is 2. The van der Waals surface area contributed by atoms with E-state index in [-0.39, 0.29) is 35.7 Å². The van der Waals surface area contributed by atoms with Gasteiger partial charge in [-0.3, -0.25) is 28.9 Å². The van der Waals surface area contributed by atoms with Crippen molar-refractivity contribution in [3.05, 3.63) is 30.2 Å². The fourth-order valence-corrected chi connectivity index (χ4v) is 6.74. The van der Waals surface area contributed by atoms with Crippen LogP contribution in [0, 0.1) is 5.41 Å². The first-order valence-electron chi connectivity index (χ1n) is 10.8. The number of nitrogens with two attached hydrogens (primary N) is 1. The molecule has 3 atom stereocenters. The van der Waals surface area contributed by atoms with Gasteiger partial charge in [0.05, 0.1) is 6.54 Å². The number of carboxylic acid groups (broad SMARTS) is 2. The van der Waals surface area contributed by atoms with E-state index in [1.54, 1.807) is 24.3 Å². The number of β-lactam (4-membered cyclic amide) rings is 1. The van der Waals surface area contributed by atoms with E-state index in [0.29, 0.717) is 17.8 Å². The van der Waals surface area contributed by atoms with Crippen LogP contribution in [0.2, 0.25) is 0 Å². The Morgan fingerprint density at radius 2 is 2.14 bits per heavy atom. The maximum atomic E-state index is 13.2. The normalized spacial score (nSPS) is 22.5. The van der Waals surface area contributed by atoms with Gasteiger partial charge in [-0.25, -0.2) is 0 Å². The van der Waals surface area contributed by atoms with Crippen LogP contribution in [-0.4, -0.2) is 91.5 Å². The van der Waals surface area contributed by atoms with Gasteiger partial charge in [-0.2, -0.15) is 0 Å². The number of hydrogen-bond acceptors (Lipinski definition) is 11. The molecule has 0 aliphatic carbocycles. The summed E-state index contributed by atoms with van der Waals surface area (Å²) in [6.45, 7) is -0.452. The molecule has 16 heteroatoms. The molecular formula is C21H22N6O8S2. The number of rotatable bonds is 11. The zero-order chi connectivity index (χ0) is 26.7. The zero-order valence-corrected chi connectivity index (χ0v) is 20.7. The number of benzene rings is 1. The number of thioether (sulfide) groups is 2. The first-order chi connectivity index (χ1) is 17.7. The summed E-state index contributed by atoms with van der Waals surface area (Å²) in [6.07, 6.45) is 0.0389. The summed E-state index contributed by atoms with van der Waals surface area (Å²) in [5.41, 5.74) is 5.08. The SMILES string of the molecule is NCC(=O)N(c1cccc(NC=O)c1)C1C(=O)N2CC(CSc3nnc(CC(=O)O)o3)(C(=O)O)CS[C@H]12. The second kappa shape index (κ2) is 10.8. The van der Waals surface area contributed by atoms with Gasteiger partial charge < -0.3 is 30.6 Å². The topological polar surface area (TPSA) is 209 Å². The minimum Gasteiger partial charge on any atom is -0.481 e. The first kappa shape index (κ1) is 26.4. The van der Waals surface area contributed by atoms with Crippen LogP contribution < -0.4 is 16.0 Å². The van der Waals surface area contributed by atoms with Crippen molar-refractivity contribution in [2.24, 2.45) is 11.1 Å². The van der Waals surface area contributed by atoms with Crippen molar-refractivity contribution in [3.63, 3.8) is 0 Å². The molecule has 2 fully saturated rings. The molecule has 2 saturated heterocycles. The lowest BCUT2D eigenvalue weighted by atomic mass is 9.89.